The predicted octanol–water partition coefficient (Wildman–Crippen LogP) is 4.48. The Morgan fingerprint density at radius 1 is 0.861 bits per heavy atom. The molecule has 1 aliphatic rings. The smallest absolute Gasteiger partial charge is 0.243 e. The summed E-state index contributed by atoms with van der Waals surface area (Å²) in [4.78, 5) is 0.189. The molecular weight excluding hydrogens is 484 g/mol. The molecule has 9 nitrogen and oxygen atoms in total. The zero-order valence-corrected chi connectivity index (χ0v) is 20.5. The molecule has 0 bridgehead atoms. The van der Waals surface area contributed by atoms with Crippen LogP contribution in [0, 0.1) is 0 Å². The first-order chi connectivity index (χ1) is 17.5. The Morgan fingerprint density at radius 3 is 2.42 bits per heavy atom. The molecule has 0 fully saturated rings. The molecule has 36 heavy (non-hydrogen) atoms. The molecule has 0 amide bonds. The number of hydrogen-bond acceptors (Lipinski definition) is 8. The van der Waals surface area contributed by atoms with Crippen molar-refractivity contribution in [3.63, 3.8) is 0 Å². The van der Waals surface area contributed by atoms with Gasteiger partial charge in [0.2, 0.25) is 16.8 Å². The summed E-state index contributed by atoms with van der Waals surface area (Å²) in [6.07, 6.45) is 0. The number of benzene rings is 3. The van der Waals surface area contributed by atoms with Gasteiger partial charge in [0.15, 0.2) is 28.8 Å². The third-order valence-electron chi connectivity index (χ3n) is 5.74. The van der Waals surface area contributed by atoms with Crippen LogP contribution in [0.4, 0.5) is 0 Å². The number of ether oxygens (including phenoxy) is 4. The second-order valence-corrected chi connectivity index (χ2v) is 9.96. The van der Waals surface area contributed by atoms with Crippen molar-refractivity contribution >= 4 is 10.0 Å². The van der Waals surface area contributed by atoms with Crippen LogP contribution in [0.25, 0.3) is 11.3 Å². The highest BCUT2D eigenvalue weighted by molar-refractivity contribution is 7.89. The summed E-state index contributed by atoms with van der Waals surface area (Å²) in [5.41, 5.74) is 1.93. The van der Waals surface area contributed by atoms with Crippen LogP contribution in [0.3, 0.4) is 0 Å². The molecule has 4 aromatic rings. The molecule has 0 radical (unpaired) electrons. The average Bonchev–Trinajstić information content (AvgIpc) is 3.58. The van der Waals surface area contributed by atoms with Gasteiger partial charge in [0.05, 0.1) is 31.4 Å². The van der Waals surface area contributed by atoms with E-state index in [-0.39, 0.29) is 24.8 Å². The van der Waals surface area contributed by atoms with E-state index in [0.29, 0.717) is 34.5 Å². The summed E-state index contributed by atoms with van der Waals surface area (Å²) in [5.74, 6) is 2.83. The van der Waals surface area contributed by atoms with Crippen molar-refractivity contribution in [2.45, 2.75) is 18.0 Å². The largest absolute Gasteiger partial charge is 0.493 e. The van der Waals surface area contributed by atoms with Crippen LogP contribution >= 0.6 is 0 Å². The average molecular weight is 509 g/mol. The van der Waals surface area contributed by atoms with Crippen LogP contribution < -0.4 is 18.9 Å². The van der Waals surface area contributed by atoms with Crippen LogP contribution in [0.1, 0.15) is 11.3 Å². The van der Waals surface area contributed by atoms with Crippen LogP contribution in [-0.4, -0.2) is 38.9 Å². The van der Waals surface area contributed by atoms with Gasteiger partial charge < -0.3 is 23.5 Å². The fourth-order valence-corrected chi connectivity index (χ4v) is 5.32. The lowest BCUT2D eigenvalue weighted by Gasteiger charge is -2.21. The van der Waals surface area contributed by atoms with Gasteiger partial charge >= 0.3 is 0 Å². The maximum atomic E-state index is 13.6. The van der Waals surface area contributed by atoms with Crippen molar-refractivity contribution in [3.8, 4) is 34.3 Å². The van der Waals surface area contributed by atoms with Crippen molar-refractivity contribution in [2.75, 3.05) is 21.0 Å². The van der Waals surface area contributed by atoms with E-state index in [1.165, 1.54) is 4.31 Å². The number of sulfonamides is 1. The Balaban J connectivity index is 1.45. The SMILES string of the molecule is COc1ccc(-c2cc(CN(Cc3ccc4c(c3)OCO4)S(=O)(=O)c3ccccc3)no2)cc1OC. The number of nitrogens with zero attached hydrogens (tertiary/aromatic N) is 2. The molecule has 2 heterocycles. The number of aromatic nitrogens is 1. The van der Waals surface area contributed by atoms with Gasteiger partial charge in [-0.1, -0.05) is 29.4 Å². The minimum Gasteiger partial charge on any atom is -0.493 e. The van der Waals surface area contributed by atoms with E-state index in [0.717, 1.165) is 11.1 Å². The van der Waals surface area contributed by atoms with Crippen molar-refractivity contribution in [3.05, 3.63) is 84.1 Å². The summed E-state index contributed by atoms with van der Waals surface area (Å²) in [5, 5.41) is 4.14. The van der Waals surface area contributed by atoms with Crippen molar-refractivity contribution < 1.29 is 31.9 Å². The second kappa shape index (κ2) is 9.92. The van der Waals surface area contributed by atoms with E-state index in [1.807, 2.05) is 12.1 Å². The standard InChI is InChI=1S/C26H24N2O7S/c1-31-22-11-9-19(13-25(22)32-2)24-14-20(27-35-24)16-28(36(29,30)21-6-4-3-5-7-21)15-18-8-10-23-26(12-18)34-17-33-23/h3-14H,15-17H2,1-2H3. The first-order valence-electron chi connectivity index (χ1n) is 11.1. The zero-order valence-electron chi connectivity index (χ0n) is 19.7. The number of hydrogen-bond donors (Lipinski definition) is 0. The van der Waals surface area contributed by atoms with Crippen LogP contribution in [-0.2, 0) is 23.1 Å². The molecule has 1 aromatic heterocycles. The fraction of sp³-hybridized carbons (Fsp3) is 0.192. The highest BCUT2D eigenvalue weighted by Gasteiger charge is 2.27. The van der Waals surface area contributed by atoms with Crippen molar-refractivity contribution in [2.24, 2.45) is 0 Å². The first kappa shape index (κ1) is 23.7. The van der Waals surface area contributed by atoms with Gasteiger partial charge in [0.25, 0.3) is 0 Å². The van der Waals surface area contributed by atoms with Crippen molar-refractivity contribution in [1.29, 1.82) is 0 Å². The van der Waals surface area contributed by atoms with Gasteiger partial charge in [0.1, 0.15) is 0 Å². The Labute approximate surface area is 208 Å². The van der Waals surface area contributed by atoms with Gasteiger partial charge in [-0.05, 0) is 48.0 Å². The fourth-order valence-electron chi connectivity index (χ4n) is 3.90. The maximum Gasteiger partial charge on any atom is 0.243 e. The molecule has 5 rings (SSSR count). The summed E-state index contributed by atoms with van der Waals surface area (Å²) in [6, 6.07) is 20.7. The predicted molar refractivity (Wildman–Crippen MR) is 130 cm³/mol. The van der Waals surface area contributed by atoms with Gasteiger partial charge in [-0.3, -0.25) is 0 Å². The summed E-state index contributed by atoms with van der Waals surface area (Å²) < 4.78 is 55.6. The highest BCUT2D eigenvalue weighted by atomic mass is 32.2. The van der Waals surface area contributed by atoms with E-state index >= 15 is 0 Å². The molecule has 0 saturated heterocycles. The molecule has 1 aliphatic heterocycles. The van der Waals surface area contributed by atoms with E-state index < -0.39 is 10.0 Å². The molecule has 0 N–H and O–H groups in total. The van der Waals surface area contributed by atoms with Crippen LogP contribution in [0.5, 0.6) is 23.0 Å². The quantitative estimate of drug-likeness (QED) is 0.326. The topological polar surface area (TPSA) is 100 Å². The molecule has 0 saturated carbocycles. The minimum absolute atomic E-state index is 0.00244. The molecule has 0 aliphatic carbocycles. The van der Waals surface area contributed by atoms with E-state index in [4.69, 9.17) is 23.5 Å². The number of rotatable bonds is 9. The van der Waals surface area contributed by atoms with Crippen LogP contribution in [0.2, 0.25) is 0 Å². The van der Waals surface area contributed by atoms with E-state index in [2.05, 4.69) is 5.16 Å². The zero-order chi connectivity index (χ0) is 25.1. The molecule has 0 atom stereocenters. The summed E-state index contributed by atoms with van der Waals surface area (Å²) in [7, 11) is -0.731. The van der Waals surface area contributed by atoms with Gasteiger partial charge in [-0.2, -0.15) is 4.31 Å². The molecule has 0 spiro atoms. The van der Waals surface area contributed by atoms with Crippen LogP contribution in [0.15, 0.2) is 82.2 Å². The minimum atomic E-state index is -3.84. The second-order valence-electron chi connectivity index (χ2n) is 8.03. The summed E-state index contributed by atoms with van der Waals surface area (Å²) >= 11 is 0. The number of fused-ring (bicyclic) bond motifs is 1. The molecule has 10 heteroatoms. The Hall–Kier alpha value is -4.02. The molecule has 0 unspecified atom stereocenters. The lowest BCUT2D eigenvalue weighted by Crippen LogP contribution is -2.30. The number of methoxy groups -OCH3 is 2. The van der Waals surface area contributed by atoms with E-state index in [9.17, 15) is 8.42 Å². The van der Waals surface area contributed by atoms with Gasteiger partial charge in [-0.15, -0.1) is 0 Å². The van der Waals surface area contributed by atoms with Gasteiger partial charge in [0, 0.05) is 18.2 Å². The highest BCUT2D eigenvalue weighted by Crippen LogP contribution is 2.35. The lowest BCUT2D eigenvalue weighted by atomic mass is 10.1. The van der Waals surface area contributed by atoms with Crippen molar-refractivity contribution in [1.82, 2.24) is 9.46 Å². The molecular formula is C26H24N2O7S. The Kier molecular flexibility index (Phi) is 6.53. The first-order valence-corrected chi connectivity index (χ1v) is 12.5. The molecule has 3 aromatic carbocycles. The Morgan fingerprint density at radius 2 is 1.64 bits per heavy atom. The third-order valence-corrected chi connectivity index (χ3v) is 7.55. The normalized spacial score (nSPS) is 12.6. The third kappa shape index (κ3) is 4.73. The lowest BCUT2D eigenvalue weighted by molar-refractivity contribution is 0.174. The monoisotopic (exact) mass is 508 g/mol. The van der Waals surface area contributed by atoms with Gasteiger partial charge in [-0.25, -0.2) is 8.42 Å². The molecule has 186 valence electrons. The Bertz CT molecular complexity index is 1470. The summed E-state index contributed by atoms with van der Waals surface area (Å²) in [6.45, 7) is 0.248. The maximum absolute atomic E-state index is 13.6. The van der Waals surface area contributed by atoms with E-state index in [1.54, 1.807) is 74.9 Å².